The fourth-order valence-corrected chi connectivity index (χ4v) is 1.68. The molecule has 0 aliphatic rings. The molecule has 19 heavy (non-hydrogen) atoms. The maximum absolute atomic E-state index is 12.1. The van der Waals surface area contributed by atoms with Crippen LogP contribution in [0.25, 0.3) is 0 Å². The monoisotopic (exact) mass is 266 g/mol. The van der Waals surface area contributed by atoms with Gasteiger partial charge >= 0.3 is 11.7 Å². The third-order valence-electron chi connectivity index (χ3n) is 3.04. The van der Waals surface area contributed by atoms with Crippen molar-refractivity contribution in [2.24, 2.45) is 5.41 Å². The highest BCUT2D eigenvalue weighted by molar-refractivity contribution is 6.02. The van der Waals surface area contributed by atoms with Crippen LogP contribution < -0.4 is 5.69 Å². The number of rotatable bonds is 4. The normalized spacial score (nSPS) is 11.2. The lowest BCUT2D eigenvalue weighted by Gasteiger charge is -2.20. The molecule has 1 rings (SSSR count). The summed E-state index contributed by atoms with van der Waals surface area (Å²) in [5.41, 5.74) is -0.553. The quantitative estimate of drug-likeness (QED) is 0.590. The molecule has 6 heteroatoms. The molecule has 0 amide bonds. The van der Waals surface area contributed by atoms with Crippen LogP contribution in [0.3, 0.4) is 0 Å². The van der Waals surface area contributed by atoms with E-state index in [9.17, 15) is 14.4 Å². The van der Waals surface area contributed by atoms with Crippen molar-refractivity contribution in [2.75, 3.05) is 7.11 Å². The number of aryl methyl sites for hydroxylation is 2. The summed E-state index contributed by atoms with van der Waals surface area (Å²) in [6.45, 7) is 6.18. The van der Waals surface area contributed by atoms with Gasteiger partial charge in [0, 0.05) is 11.4 Å². The van der Waals surface area contributed by atoms with E-state index >= 15 is 0 Å². The van der Waals surface area contributed by atoms with Gasteiger partial charge in [0.2, 0.25) is 0 Å². The largest absolute Gasteiger partial charge is 0.468 e. The molecule has 0 radical (unpaired) electrons. The molecule has 0 bridgehead atoms. The molecule has 0 saturated heterocycles. The van der Waals surface area contributed by atoms with E-state index in [1.807, 2.05) is 0 Å². The van der Waals surface area contributed by atoms with Gasteiger partial charge in [-0.15, -0.1) is 0 Å². The average Bonchev–Trinajstić information content (AvgIpc) is 2.31. The fourth-order valence-electron chi connectivity index (χ4n) is 1.68. The molecule has 0 aromatic carbocycles. The first kappa shape index (κ1) is 15.1. The standard InChI is InChI=1S/C13H18N2O4/c1-8-6-9(2)15(12(18)14-8)7-10(16)13(3,4)11(17)19-5/h6H,7H2,1-5H3. The molecule has 104 valence electrons. The molecule has 6 nitrogen and oxygen atoms in total. The van der Waals surface area contributed by atoms with Crippen LogP contribution in [0.1, 0.15) is 25.2 Å². The summed E-state index contributed by atoms with van der Waals surface area (Å²) in [4.78, 5) is 39.2. The molecular weight excluding hydrogens is 248 g/mol. The number of methoxy groups -OCH3 is 1. The molecule has 1 aromatic heterocycles. The van der Waals surface area contributed by atoms with Gasteiger partial charge in [0.25, 0.3) is 0 Å². The van der Waals surface area contributed by atoms with Crippen LogP contribution >= 0.6 is 0 Å². The Kier molecular flexibility index (Phi) is 4.24. The van der Waals surface area contributed by atoms with Crippen molar-refractivity contribution in [3.8, 4) is 0 Å². The lowest BCUT2D eigenvalue weighted by Crippen LogP contribution is -2.39. The van der Waals surface area contributed by atoms with Gasteiger partial charge in [0.05, 0.1) is 13.7 Å². The first-order valence-corrected chi connectivity index (χ1v) is 5.87. The highest BCUT2D eigenvalue weighted by Gasteiger charge is 2.37. The first-order chi connectivity index (χ1) is 8.70. The second-order valence-corrected chi connectivity index (χ2v) is 4.95. The number of Topliss-reactive ketones (excluding diaryl/α,β-unsaturated/α-hetero) is 1. The van der Waals surface area contributed by atoms with Gasteiger partial charge in [-0.2, -0.15) is 4.98 Å². The van der Waals surface area contributed by atoms with Crippen molar-refractivity contribution in [2.45, 2.75) is 34.2 Å². The Hall–Kier alpha value is -1.98. The highest BCUT2D eigenvalue weighted by atomic mass is 16.5. The van der Waals surface area contributed by atoms with E-state index in [-0.39, 0.29) is 6.54 Å². The Balaban J connectivity index is 3.08. The van der Waals surface area contributed by atoms with E-state index in [0.29, 0.717) is 11.4 Å². The van der Waals surface area contributed by atoms with Crippen molar-refractivity contribution in [1.29, 1.82) is 0 Å². The molecule has 0 aliphatic heterocycles. The summed E-state index contributed by atoms with van der Waals surface area (Å²) in [5, 5.41) is 0. The van der Waals surface area contributed by atoms with Crippen molar-refractivity contribution >= 4 is 11.8 Å². The molecule has 0 fully saturated rings. The second kappa shape index (κ2) is 5.34. The fraction of sp³-hybridized carbons (Fsp3) is 0.538. The minimum Gasteiger partial charge on any atom is -0.468 e. The van der Waals surface area contributed by atoms with E-state index in [2.05, 4.69) is 9.72 Å². The Labute approximate surface area is 111 Å². The van der Waals surface area contributed by atoms with Crippen LogP contribution in [0.2, 0.25) is 0 Å². The number of carbonyl (C=O) groups is 2. The number of ether oxygens (including phenoxy) is 1. The number of hydrogen-bond donors (Lipinski definition) is 0. The first-order valence-electron chi connectivity index (χ1n) is 5.87. The molecule has 0 aliphatic carbocycles. The third kappa shape index (κ3) is 3.07. The summed E-state index contributed by atoms with van der Waals surface area (Å²) in [5.74, 6) is -1.02. The average molecular weight is 266 g/mol. The molecule has 0 N–H and O–H groups in total. The second-order valence-electron chi connectivity index (χ2n) is 4.95. The van der Waals surface area contributed by atoms with Crippen LogP contribution in [-0.4, -0.2) is 28.4 Å². The Morgan fingerprint density at radius 3 is 2.42 bits per heavy atom. The van der Waals surface area contributed by atoms with Gasteiger partial charge in [0.1, 0.15) is 5.41 Å². The van der Waals surface area contributed by atoms with E-state index in [0.717, 1.165) is 0 Å². The summed E-state index contributed by atoms with van der Waals surface area (Å²) in [6, 6.07) is 1.71. The number of ketones is 1. The summed E-state index contributed by atoms with van der Waals surface area (Å²) in [7, 11) is 1.22. The minimum absolute atomic E-state index is 0.194. The zero-order valence-electron chi connectivity index (χ0n) is 11.8. The highest BCUT2D eigenvalue weighted by Crippen LogP contribution is 2.19. The van der Waals surface area contributed by atoms with Gasteiger partial charge in [0.15, 0.2) is 5.78 Å². The van der Waals surface area contributed by atoms with Crippen molar-refractivity contribution in [1.82, 2.24) is 9.55 Å². The van der Waals surface area contributed by atoms with Gasteiger partial charge in [-0.1, -0.05) is 0 Å². The number of nitrogens with zero attached hydrogens (tertiary/aromatic N) is 2. The van der Waals surface area contributed by atoms with Crippen molar-refractivity contribution in [3.63, 3.8) is 0 Å². The summed E-state index contributed by atoms with van der Waals surface area (Å²) >= 11 is 0. The number of aromatic nitrogens is 2. The lowest BCUT2D eigenvalue weighted by atomic mass is 9.88. The Morgan fingerprint density at radius 1 is 1.37 bits per heavy atom. The predicted octanol–water partition coefficient (Wildman–Crippen LogP) is 0.628. The van der Waals surface area contributed by atoms with Gasteiger partial charge in [-0.25, -0.2) is 4.79 Å². The van der Waals surface area contributed by atoms with Crippen LogP contribution in [0.15, 0.2) is 10.9 Å². The Bertz CT molecular complexity index is 572. The van der Waals surface area contributed by atoms with Crippen LogP contribution in [0, 0.1) is 19.3 Å². The SMILES string of the molecule is COC(=O)C(C)(C)C(=O)Cn1c(C)cc(C)nc1=O. The number of carbonyl (C=O) groups excluding carboxylic acids is 2. The molecule has 0 unspecified atom stereocenters. The van der Waals surface area contributed by atoms with Crippen LogP contribution in [0.5, 0.6) is 0 Å². The zero-order chi connectivity index (χ0) is 14.8. The maximum atomic E-state index is 12.1. The smallest absolute Gasteiger partial charge is 0.348 e. The molecule has 1 aromatic rings. The lowest BCUT2D eigenvalue weighted by molar-refractivity contribution is -0.155. The molecule has 0 atom stereocenters. The van der Waals surface area contributed by atoms with E-state index in [1.54, 1.807) is 19.9 Å². The topological polar surface area (TPSA) is 78.3 Å². The molecule has 0 saturated carbocycles. The van der Waals surface area contributed by atoms with Crippen molar-refractivity contribution < 1.29 is 14.3 Å². The van der Waals surface area contributed by atoms with E-state index in [4.69, 9.17) is 0 Å². The summed E-state index contributed by atoms with van der Waals surface area (Å²) < 4.78 is 5.84. The predicted molar refractivity (Wildman–Crippen MR) is 68.8 cm³/mol. The van der Waals surface area contributed by atoms with E-state index in [1.165, 1.54) is 25.5 Å². The Morgan fingerprint density at radius 2 is 1.95 bits per heavy atom. The maximum Gasteiger partial charge on any atom is 0.348 e. The molecule has 1 heterocycles. The van der Waals surface area contributed by atoms with Gasteiger partial charge < -0.3 is 4.74 Å². The molecule has 0 spiro atoms. The van der Waals surface area contributed by atoms with Gasteiger partial charge in [-0.3, -0.25) is 14.2 Å². The van der Waals surface area contributed by atoms with Crippen LogP contribution in [-0.2, 0) is 20.9 Å². The van der Waals surface area contributed by atoms with Crippen molar-refractivity contribution in [3.05, 3.63) is 27.9 Å². The number of esters is 1. The van der Waals surface area contributed by atoms with Crippen LogP contribution in [0.4, 0.5) is 0 Å². The summed E-state index contributed by atoms with van der Waals surface area (Å²) in [6.07, 6.45) is 0. The third-order valence-corrected chi connectivity index (χ3v) is 3.04. The molecular formula is C13H18N2O4. The minimum atomic E-state index is -1.29. The zero-order valence-corrected chi connectivity index (χ0v) is 11.8. The van der Waals surface area contributed by atoms with E-state index < -0.39 is 22.9 Å². The number of hydrogen-bond acceptors (Lipinski definition) is 5. The van der Waals surface area contributed by atoms with Gasteiger partial charge in [-0.05, 0) is 33.8 Å².